The molecule has 0 heterocycles. The van der Waals surface area contributed by atoms with Crippen LogP contribution in [-0.4, -0.2) is 13.2 Å². The molecule has 2 unspecified atom stereocenters. The molecule has 0 amide bonds. The second kappa shape index (κ2) is 6.98. The summed E-state index contributed by atoms with van der Waals surface area (Å²) in [5.41, 5.74) is 1.13. The predicted octanol–water partition coefficient (Wildman–Crippen LogP) is 4.72. The number of rotatable bonds is 5. The summed E-state index contributed by atoms with van der Waals surface area (Å²) < 4.78 is 5.95. The number of halogens is 2. The monoisotopic (exact) mass is 309 g/mol. The van der Waals surface area contributed by atoms with Gasteiger partial charge < -0.3 is 10.1 Å². The molecule has 4 heteroatoms. The number of hydrogen-bond acceptors (Lipinski definition) is 2. The molecule has 2 aromatic carbocycles. The first-order valence-electron chi connectivity index (χ1n) is 6.45. The lowest BCUT2D eigenvalue weighted by atomic mass is 10.0. The Kier molecular flexibility index (Phi) is 5.30. The van der Waals surface area contributed by atoms with Gasteiger partial charge in [-0.1, -0.05) is 41.4 Å². The Labute approximate surface area is 129 Å². The normalized spacial score (nSPS) is 13.8. The van der Waals surface area contributed by atoms with Crippen molar-refractivity contribution in [3.8, 4) is 5.75 Å². The van der Waals surface area contributed by atoms with Gasteiger partial charge in [-0.2, -0.15) is 0 Å². The summed E-state index contributed by atoms with van der Waals surface area (Å²) in [5, 5.41) is 4.67. The van der Waals surface area contributed by atoms with Crippen LogP contribution in [0, 0.1) is 0 Å². The Bertz CT molecular complexity index is 557. The average Bonchev–Trinajstić information content (AvgIpc) is 2.42. The third-order valence-corrected chi connectivity index (χ3v) is 3.61. The van der Waals surface area contributed by atoms with Crippen molar-refractivity contribution in [2.45, 2.75) is 19.1 Å². The number of nitrogens with one attached hydrogen (secondary N) is 1. The third kappa shape index (κ3) is 3.89. The van der Waals surface area contributed by atoms with E-state index in [9.17, 15) is 0 Å². The highest BCUT2D eigenvalue weighted by Gasteiger charge is 2.19. The van der Waals surface area contributed by atoms with E-state index in [1.165, 1.54) is 0 Å². The van der Waals surface area contributed by atoms with Gasteiger partial charge in [0.15, 0.2) is 0 Å². The van der Waals surface area contributed by atoms with Crippen molar-refractivity contribution < 1.29 is 4.74 Å². The molecule has 0 saturated heterocycles. The van der Waals surface area contributed by atoms with Gasteiger partial charge in [-0.15, -0.1) is 0 Å². The van der Waals surface area contributed by atoms with Crippen LogP contribution >= 0.6 is 23.2 Å². The predicted molar refractivity (Wildman–Crippen MR) is 84.8 cm³/mol. The lowest BCUT2D eigenvalue weighted by Crippen LogP contribution is -2.31. The molecule has 0 spiro atoms. The molecule has 0 bridgehead atoms. The van der Waals surface area contributed by atoms with Gasteiger partial charge in [0.1, 0.15) is 11.9 Å². The molecule has 0 aromatic heterocycles. The smallest absolute Gasteiger partial charge is 0.121 e. The topological polar surface area (TPSA) is 21.3 Å². The first-order chi connectivity index (χ1) is 9.60. The van der Waals surface area contributed by atoms with Gasteiger partial charge in [-0.25, -0.2) is 0 Å². The Morgan fingerprint density at radius 1 is 1.00 bits per heavy atom. The fraction of sp³-hybridized carbons (Fsp3) is 0.250. The molecule has 2 atom stereocenters. The van der Waals surface area contributed by atoms with E-state index in [-0.39, 0.29) is 12.1 Å². The fourth-order valence-corrected chi connectivity index (χ4v) is 2.47. The van der Waals surface area contributed by atoms with Gasteiger partial charge in [0.25, 0.3) is 0 Å². The Hall–Kier alpha value is -1.22. The first-order valence-corrected chi connectivity index (χ1v) is 7.20. The molecule has 1 N–H and O–H groups in total. The van der Waals surface area contributed by atoms with Crippen LogP contribution < -0.4 is 10.1 Å². The highest BCUT2D eigenvalue weighted by Crippen LogP contribution is 2.24. The van der Waals surface area contributed by atoms with E-state index in [4.69, 9.17) is 27.9 Å². The Morgan fingerprint density at radius 3 is 2.30 bits per heavy atom. The maximum atomic E-state index is 5.97. The fourth-order valence-electron chi connectivity index (χ4n) is 2.17. The minimum Gasteiger partial charge on any atom is -0.489 e. The Balaban J connectivity index is 2.13. The number of ether oxygens (including phenoxy) is 1. The van der Waals surface area contributed by atoms with Crippen LogP contribution in [0.4, 0.5) is 0 Å². The number of benzene rings is 2. The highest BCUT2D eigenvalue weighted by molar-refractivity contribution is 6.30. The zero-order chi connectivity index (χ0) is 14.5. The van der Waals surface area contributed by atoms with Gasteiger partial charge in [-0.3, -0.25) is 0 Å². The van der Waals surface area contributed by atoms with Crippen LogP contribution in [0.25, 0.3) is 0 Å². The molecule has 2 rings (SSSR count). The van der Waals surface area contributed by atoms with Crippen molar-refractivity contribution in [2.24, 2.45) is 0 Å². The molecule has 20 heavy (non-hydrogen) atoms. The van der Waals surface area contributed by atoms with Crippen LogP contribution in [0.2, 0.25) is 10.0 Å². The van der Waals surface area contributed by atoms with E-state index < -0.39 is 0 Å². The Morgan fingerprint density at radius 2 is 1.70 bits per heavy atom. The number of likely N-dealkylation sites (N-methyl/N-ethyl adjacent to an activating group) is 1. The summed E-state index contributed by atoms with van der Waals surface area (Å²) in [4.78, 5) is 0. The van der Waals surface area contributed by atoms with Gasteiger partial charge in [0.2, 0.25) is 0 Å². The lowest BCUT2D eigenvalue weighted by molar-refractivity contribution is 0.175. The maximum absolute atomic E-state index is 5.97. The molecule has 0 fully saturated rings. The molecular weight excluding hydrogens is 293 g/mol. The zero-order valence-electron chi connectivity index (χ0n) is 11.4. The second-order valence-electron chi connectivity index (χ2n) is 4.60. The van der Waals surface area contributed by atoms with Crippen molar-refractivity contribution in [3.63, 3.8) is 0 Å². The van der Waals surface area contributed by atoms with E-state index in [1.807, 2.05) is 62.5 Å². The minimum atomic E-state index is -0.0420. The van der Waals surface area contributed by atoms with Gasteiger partial charge in [0, 0.05) is 10.0 Å². The van der Waals surface area contributed by atoms with Crippen LogP contribution in [0.15, 0.2) is 48.5 Å². The molecule has 0 saturated carbocycles. The molecule has 2 aromatic rings. The van der Waals surface area contributed by atoms with Crippen molar-refractivity contribution in [1.82, 2.24) is 5.32 Å². The second-order valence-corrected chi connectivity index (χ2v) is 5.47. The van der Waals surface area contributed by atoms with Gasteiger partial charge >= 0.3 is 0 Å². The summed E-state index contributed by atoms with van der Waals surface area (Å²) in [7, 11) is 1.91. The van der Waals surface area contributed by atoms with Crippen LogP contribution in [0.1, 0.15) is 18.5 Å². The lowest BCUT2D eigenvalue weighted by Gasteiger charge is -2.25. The molecule has 0 aliphatic carbocycles. The average molecular weight is 310 g/mol. The van der Waals surface area contributed by atoms with Crippen LogP contribution in [-0.2, 0) is 0 Å². The molecule has 2 nitrogen and oxygen atoms in total. The summed E-state index contributed by atoms with van der Waals surface area (Å²) in [6.07, 6.45) is -0.0420. The largest absolute Gasteiger partial charge is 0.489 e. The van der Waals surface area contributed by atoms with Crippen LogP contribution in [0.5, 0.6) is 5.75 Å². The summed E-state index contributed by atoms with van der Waals surface area (Å²) in [6.45, 7) is 2.02. The maximum Gasteiger partial charge on any atom is 0.121 e. The zero-order valence-corrected chi connectivity index (χ0v) is 12.9. The van der Waals surface area contributed by atoms with E-state index in [1.54, 1.807) is 0 Å². The van der Waals surface area contributed by atoms with E-state index in [0.29, 0.717) is 5.02 Å². The van der Waals surface area contributed by atoms with Crippen molar-refractivity contribution in [2.75, 3.05) is 7.05 Å². The van der Waals surface area contributed by atoms with Crippen molar-refractivity contribution in [1.29, 1.82) is 0 Å². The van der Waals surface area contributed by atoms with Crippen LogP contribution in [0.3, 0.4) is 0 Å². The number of hydrogen-bond donors (Lipinski definition) is 1. The van der Waals surface area contributed by atoms with Gasteiger partial charge in [0.05, 0.1) is 6.04 Å². The minimum absolute atomic E-state index is 0.0420. The summed E-state index contributed by atoms with van der Waals surface area (Å²) in [6, 6.07) is 15.3. The van der Waals surface area contributed by atoms with Crippen molar-refractivity contribution in [3.05, 3.63) is 64.1 Å². The SMILES string of the molecule is CNC(c1ccc(Cl)cc1)C(C)Oc1cccc(Cl)c1. The molecule has 0 aliphatic heterocycles. The standard InChI is InChI=1S/C16H17Cl2NO/c1-11(20-15-5-3-4-14(18)10-15)16(19-2)12-6-8-13(17)9-7-12/h3-11,16,19H,1-2H3. The van der Waals surface area contributed by atoms with E-state index in [2.05, 4.69) is 5.32 Å². The van der Waals surface area contributed by atoms with E-state index in [0.717, 1.165) is 16.3 Å². The molecule has 0 radical (unpaired) electrons. The van der Waals surface area contributed by atoms with E-state index >= 15 is 0 Å². The quantitative estimate of drug-likeness (QED) is 0.862. The summed E-state index contributed by atoms with van der Waals surface area (Å²) in [5.74, 6) is 0.763. The molecule has 106 valence electrons. The summed E-state index contributed by atoms with van der Waals surface area (Å²) >= 11 is 11.9. The highest BCUT2D eigenvalue weighted by atomic mass is 35.5. The van der Waals surface area contributed by atoms with Gasteiger partial charge in [-0.05, 0) is 49.9 Å². The van der Waals surface area contributed by atoms with Crippen molar-refractivity contribution >= 4 is 23.2 Å². The third-order valence-electron chi connectivity index (χ3n) is 3.13. The molecule has 0 aliphatic rings. The first kappa shape index (κ1) is 15.2. The molecular formula is C16H17Cl2NO.